The Kier molecular flexibility index (Phi) is 9.22. The van der Waals surface area contributed by atoms with Gasteiger partial charge in [-0.25, -0.2) is 8.78 Å². The van der Waals surface area contributed by atoms with E-state index in [9.17, 15) is 23.2 Å². The van der Waals surface area contributed by atoms with E-state index < -0.39 is 5.82 Å². The number of ether oxygens (including phenoxy) is 1. The van der Waals surface area contributed by atoms with E-state index in [1.165, 1.54) is 36.3 Å². The lowest BCUT2D eigenvalue weighted by atomic mass is 10.1. The summed E-state index contributed by atoms with van der Waals surface area (Å²) in [7, 11) is 1.40. The molecule has 204 valence electrons. The fourth-order valence-corrected chi connectivity index (χ4v) is 4.36. The maximum Gasteiger partial charge on any atom is 0.256 e. The molecule has 0 saturated carbocycles. The minimum atomic E-state index is -0.524. The van der Waals surface area contributed by atoms with Crippen molar-refractivity contribution in [1.82, 2.24) is 9.80 Å². The second-order valence-electron chi connectivity index (χ2n) is 9.16. The zero-order chi connectivity index (χ0) is 27.8. The Labute approximate surface area is 225 Å². The van der Waals surface area contributed by atoms with Gasteiger partial charge in [0.1, 0.15) is 24.8 Å². The zero-order valence-corrected chi connectivity index (χ0v) is 21.6. The number of rotatable bonds is 9. The van der Waals surface area contributed by atoms with Crippen LogP contribution in [0.15, 0.2) is 72.8 Å². The number of nitrogens with one attached hydrogen (secondary N) is 1. The average Bonchev–Trinajstić information content (AvgIpc) is 2.94. The second-order valence-corrected chi connectivity index (χ2v) is 9.16. The molecule has 0 aromatic heterocycles. The first kappa shape index (κ1) is 27.7. The quantitative estimate of drug-likeness (QED) is 0.453. The van der Waals surface area contributed by atoms with Crippen molar-refractivity contribution in [3.8, 4) is 0 Å². The van der Waals surface area contributed by atoms with Gasteiger partial charge in [0, 0.05) is 51.2 Å². The number of amides is 3. The number of methoxy groups -OCH3 is 1. The standard InChI is InChI=1S/C29H30F2N4O4/c1-39-20-28(37)35(18-21-6-8-22(30)9-7-21)19-27(36)32-23-10-12-24(13-11-23)33-14-16-34(17-15-33)29(38)25-4-2-3-5-26(25)31/h2-13H,14-20H2,1H3,(H,32,36). The van der Waals surface area contributed by atoms with Gasteiger partial charge in [0.15, 0.2) is 0 Å². The molecule has 1 heterocycles. The largest absolute Gasteiger partial charge is 0.375 e. The van der Waals surface area contributed by atoms with Crippen molar-refractivity contribution >= 4 is 29.1 Å². The van der Waals surface area contributed by atoms with Gasteiger partial charge < -0.3 is 24.8 Å². The maximum absolute atomic E-state index is 14.0. The van der Waals surface area contributed by atoms with Gasteiger partial charge in [-0.15, -0.1) is 0 Å². The molecule has 0 spiro atoms. The summed E-state index contributed by atoms with van der Waals surface area (Å²) in [6.45, 7) is 1.87. The lowest BCUT2D eigenvalue weighted by molar-refractivity contribution is -0.138. The number of hydrogen-bond donors (Lipinski definition) is 1. The van der Waals surface area contributed by atoms with Crippen molar-refractivity contribution in [2.24, 2.45) is 0 Å². The molecule has 39 heavy (non-hydrogen) atoms. The third-order valence-electron chi connectivity index (χ3n) is 6.43. The number of carbonyl (C=O) groups excluding carboxylic acids is 3. The molecule has 0 unspecified atom stereocenters. The van der Waals surface area contributed by atoms with Crippen LogP contribution in [-0.2, 0) is 20.9 Å². The lowest BCUT2D eigenvalue weighted by Gasteiger charge is -2.36. The third kappa shape index (κ3) is 7.38. The highest BCUT2D eigenvalue weighted by Crippen LogP contribution is 2.21. The van der Waals surface area contributed by atoms with Crippen LogP contribution in [0.5, 0.6) is 0 Å². The number of hydrogen-bond acceptors (Lipinski definition) is 5. The van der Waals surface area contributed by atoms with Crippen LogP contribution >= 0.6 is 0 Å². The van der Waals surface area contributed by atoms with Crippen molar-refractivity contribution < 1.29 is 27.9 Å². The molecule has 1 aliphatic rings. The van der Waals surface area contributed by atoms with E-state index in [1.807, 2.05) is 12.1 Å². The van der Waals surface area contributed by atoms with Gasteiger partial charge in [0.25, 0.3) is 5.91 Å². The van der Waals surface area contributed by atoms with Gasteiger partial charge in [-0.2, -0.15) is 0 Å². The predicted octanol–water partition coefficient (Wildman–Crippen LogP) is 3.54. The lowest BCUT2D eigenvalue weighted by Crippen LogP contribution is -2.49. The number of carbonyl (C=O) groups is 3. The van der Waals surface area contributed by atoms with E-state index in [1.54, 1.807) is 41.3 Å². The minimum Gasteiger partial charge on any atom is -0.375 e. The summed E-state index contributed by atoms with van der Waals surface area (Å²) >= 11 is 0. The summed E-state index contributed by atoms with van der Waals surface area (Å²) in [5.41, 5.74) is 2.26. The van der Waals surface area contributed by atoms with E-state index >= 15 is 0 Å². The van der Waals surface area contributed by atoms with Crippen LogP contribution < -0.4 is 10.2 Å². The molecular formula is C29H30F2N4O4. The Morgan fingerprint density at radius 2 is 1.56 bits per heavy atom. The fourth-order valence-electron chi connectivity index (χ4n) is 4.36. The first-order valence-corrected chi connectivity index (χ1v) is 12.5. The SMILES string of the molecule is COCC(=O)N(CC(=O)Nc1ccc(N2CCN(C(=O)c3ccccc3F)CC2)cc1)Cc1ccc(F)cc1. The van der Waals surface area contributed by atoms with E-state index in [-0.39, 0.29) is 48.8 Å². The summed E-state index contributed by atoms with van der Waals surface area (Å²) in [5, 5.41) is 2.80. The highest BCUT2D eigenvalue weighted by Gasteiger charge is 2.24. The van der Waals surface area contributed by atoms with Gasteiger partial charge in [-0.1, -0.05) is 24.3 Å². The van der Waals surface area contributed by atoms with Gasteiger partial charge in [0.2, 0.25) is 11.8 Å². The molecule has 0 radical (unpaired) electrons. The molecule has 3 aromatic carbocycles. The molecule has 0 aliphatic carbocycles. The Bertz CT molecular complexity index is 1290. The number of piperazine rings is 1. The van der Waals surface area contributed by atoms with Gasteiger partial charge in [0.05, 0.1) is 5.56 Å². The molecule has 10 heteroatoms. The number of anilines is 2. The Morgan fingerprint density at radius 3 is 2.21 bits per heavy atom. The van der Waals surface area contributed by atoms with Crippen molar-refractivity contribution in [2.75, 3.05) is 56.7 Å². The van der Waals surface area contributed by atoms with E-state index in [0.29, 0.717) is 37.4 Å². The highest BCUT2D eigenvalue weighted by atomic mass is 19.1. The first-order valence-electron chi connectivity index (χ1n) is 12.5. The molecule has 1 aliphatic heterocycles. The third-order valence-corrected chi connectivity index (χ3v) is 6.43. The van der Waals surface area contributed by atoms with E-state index in [0.717, 1.165) is 5.69 Å². The Hall–Kier alpha value is -4.31. The van der Waals surface area contributed by atoms with E-state index in [4.69, 9.17) is 4.74 Å². The fraction of sp³-hybridized carbons (Fsp3) is 0.276. The Balaban J connectivity index is 1.31. The first-order chi connectivity index (χ1) is 18.8. The van der Waals surface area contributed by atoms with Crippen LogP contribution in [0.1, 0.15) is 15.9 Å². The summed E-state index contributed by atoms with van der Waals surface area (Å²) in [6, 6.07) is 19.0. The molecule has 4 rings (SSSR count). The Morgan fingerprint density at radius 1 is 0.897 bits per heavy atom. The summed E-state index contributed by atoms with van der Waals surface area (Å²) in [4.78, 5) is 43.0. The van der Waals surface area contributed by atoms with Crippen LogP contribution in [0.3, 0.4) is 0 Å². The molecule has 0 atom stereocenters. The molecular weight excluding hydrogens is 506 g/mol. The zero-order valence-electron chi connectivity index (χ0n) is 21.6. The summed E-state index contributed by atoms with van der Waals surface area (Å²) < 4.78 is 32.2. The molecule has 3 amide bonds. The number of halogens is 2. The van der Waals surface area contributed by atoms with Gasteiger partial charge in [-0.05, 0) is 54.1 Å². The predicted molar refractivity (Wildman–Crippen MR) is 143 cm³/mol. The molecule has 8 nitrogen and oxygen atoms in total. The average molecular weight is 537 g/mol. The second kappa shape index (κ2) is 13.0. The number of benzene rings is 3. The van der Waals surface area contributed by atoms with Crippen LogP contribution in [0.2, 0.25) is 0 Å². The molecule has 1 fully saturated rings. The van der Waals surface area contributed by atoms with Crippen molar-refractivity contribution in [1.29, 1.82) is 0 Å². The monoisotopic (exact) mass is 536 g/mol. The van der Waals surface area contributed by atoms with Gasteiger partial charge >= 0.3 is 0 Å². The van der Waals surface area contributed by atoms with Crippen molar-refractivity contribution in [3.05, 3.63) is 95.6 Å². The van der Waals surface area contributed by atoms with Crippen LogP contribution in [0.4, 0.5) is 20.2 Å². The van der Waals surface area contributed by atoms with Crippen LogP contribution in [0.25, 0.3) is 0 Å². The maximum atomic E-state index is 14.0. The van der Waals surface area contributed by atoms with Crippen LogP contribution in [-0.4, -0.2) is 74.0 Å². The summed E-state index contributed by atoms with van der Waals surface area (Å²) in [6.07, 6.45) is 0. The molecule has 0 bridgehead atoms. The number of nitrogens with zero attached hydrogens (tertiary/aromatic N) is 3. The van der Waals surface area contributed by atoms with Crippen molar-refractivity contribution in [3.63, 3.8) is 0 Å². The smallest absolute Gasteiger partial charge is 0.256 e. The normalized spacial score (nSPS) is 13.2. The minimum absolute atomic E-state index is 0.0752. The highest BCUT2D eigenvalue weighted by molar-refractivity contribution is 5.95. The van der Waals surface area contributed by atoms with Gasteiger partial charge in [-0.3, -0.25) is 14.4 Å². The molecule has 1 N–H and O–H groups in total. The molecule has 3 aromatic rings. The van der Waals surface area contributed by atoms with E-state index in [2.05, 4.69) is 10.2 Å². The molecule has 1 saturated heterocycles. The summed E-state index contributed by atoms with van der Waals surface area (Å²) in [5.74, 6) is -1.96. The van der Waals surface area contributed by atoms with Crippen molar-refractivity contribution in [2.45, 2.75) is 6.54 Å². The van der Waals surface area contributed by atoms with Crippen LogP contribution in [0, 0.1) is 11.6 Å². The topological polar surface area (TPSA) is 82.2 Å².